The van der Waals surface area contributed by atoms with Gasteiger partial charge in [0.15, 0.2) is 0 Å². The summed E-state index contributed by atoms with van der Waals surface area (Å²) in [7, 11) is -3.50. The first-order valence-electron chi connectivity index (χ1n) is 4.72. The number of sulfonamides is 1. The second-order valence-corrected chi connectivity index (χ2v) is 7.07. The highest BCUT2D eigenvalue weighted by Gasteiger charge is 2.18. The van der Waals surface area contributed by atoms with E-state index in [0.29, 0.717) is 10.0 Å². The lowest BCUT2D eigenvalue weighted by Crippen LogP contribution is -2.22. The van der Waals surface area contributed by atoms with Crippen LogP contribution in [0.3, 0.4) is 0 Å². The van der Waals surface area contributed by atoms with E-state index in [9.17, 15) is 8.42 Å². The number of nitrogens with one attached hydrogen (secondary N) is 2. The van der Waals surface area contributed by atoms with E-state index in [0.717, 1.165) is 16.9 Å². The summed E-state index contributed by atoms with van der Waals surface area (Å²) in [6, 6.07) is 1.56. The average molecular weight is 292 g/mol. The SMILES string of the molecule is Cc1cc(S(=O)(=O)NCc2cnc[nH]2)sc1Cl. The van der Waals surface area contributed by atoms with Crippen molar-refractivity contribution in [3.8, 4) is 0 Å². The zero-order chi connectivity index (χ0) is 12.5. The van der Waals surface area contributed by atoms with Gasteiger partial charge in [-0.2, -0.15) is 0 Å². The Labute approximate surface area is 108 Å². The molecule has 0 fully saturated rings. The van der Waals surface area contributed by atoms with Gasteiger partial charge in [0, 0.05) is 11.9 Å². The largest absolute Gasteiger partial charge is 0.347 e. The maximum Gasteiger partial charge on any atom is 0.250 e. The molecule has 0 aliphatic heterocycles. The summed E-state index contributed by atoms with van der Waals surface area (Å²) in [5.74, 6) is 0. The fourth-order valence-corrected chi connectivity index (χ4v) is 3.95. The van der Waals surface area contributed by atoms with E-state index >= 15 is 0 Å². The van der Waals surface area contributed by atoms with Crippen LogP contribution >= 0.6 is 22.9 Å². The molecule has 0 saturated heterocycles. The van der Waals surface area contributed by atoms with Gasteiger partial charge in [-0.05, 0) is 18.6 Å². The number of aromatic amines is 1. The van der Waals surface area contributed by atoms with Crippen molar-refractivity contribution in [3.05, 3.63) is 34.2 Å². The summed E-state index contributed by atoms with van der Waals surface area (Å²) in [6.07, 6.45) is 3.06. The van der Waals surface area contributed by atoms with Crippen LogP contribution in [0.25, 0.3) is 0 Å². The van der Waals surface area contributed by atoms with E-state index in [2.05, 4.69) is 14.7 Å². The Hall–Kier alpha value is -0.890. The van der Waals surface area contributed by atoms with Crippen LogP contribution in [0.1, 0.15) is 11.3 Å². The average Bonchev–Trinajstić information content (AvgIpc) is 2.87. The lowest BCUT2D eigenvalue weighted by molar-refractivity contribution is 0.582. The third kappa shape index (κ3) is 2.86. The molecule has 8 heteroatoms. The van der Waals surface area contributed by atoms with Crippen molar-refractivity contribution in [2.75, 3.05) is 0 Å². The third-order valence-corrected chi connectivity index (χ3v) is 5.54. The van der Waals surface area contributed by atoms with Gasteiger partial charge in [-0.1, -0.05) is 11.6 Å². The molecule has 0 aliphatic rings. The molecule has 5 nitrogen and oxygen atoms in total. The van der Waals surface area contributed by atoms with Crippen LogP contribution in [0.4, 0.5) is 0 Å². The summed E-state index contributed by atoms with van der Waals surface area (Å²) in [5, 5.41) is 0. The van der Waals surface area contributed by atoms with Crippen molar-refractivity contribution in [3.63, 3.8) is 0 Å². The Bertz CT molecular complexity index is 585. The molecule has 0 aromatic carbocycles. The monoisotopic (exact) mass is 291 g/mol. The minimum absolute atomic E-state index is 0.177. The van der Waals surface area contributed by atoms with Gasteiger partial charge >= 0.3 is 0 Å². The lowest BCUT2D eigenvalue weighted by Gasteiger charge is -2.02. The standard InChI is InChI=1S/C9H10ClN3O2S2/c1-6-2-8(16-9(6)10)17(14,15)13-4-7-3-11-5-12-7/h2-3,5,13H,4H2,1H3,(H,11,12). The number of thiophene rings is 1. The molecule has 2 aromatic rings. The fraction of sp³-hybridized carbons (Fsp3) is 0.222. The summed E-state index contributed by atoms with van der Waals surface area (Å²) in [5.41, 5.74) is 1.46. The molecule has 0 spiro atoms. The van der Waals surface area contributed by atoms with E-state index in [1.54, 1.807) is 19.2 Å². The smallest absolute Gasteiger partial charge is 0.250 e. The zero-order valence-electron chi connectivity index (χ0n) is 8.90. The van der Waals surface area contributed by atoms with Crippen LogP contribution < -0.4 is 4.72 Å². The van der Waals surface area contributed by atoms with Gasteiger partial charge in [0.05, 0.1) is 17.2 Å². The highest BCUT2D eigenvalue weighted by atomic mass is 35.5. The summed E-state index contributed by atoms with van der Waals surface area (Å²) < 4.78 is 27.0. The minimum atomic E-state index is -3.50. The number of hydrogen-bond acceptors (Lipinski definition) is 4. The molecule has 2 heterocycles. The normalized spacial score (nSPS) is 11.9. The van der Waals surface area contributed by atoms with E-state index in [4.69, 9.17) is 11.6 Å². The van der Waals surface area contributed by atoms with E-state index < -0.39 is 10.0 Å². The van der Waals surface area contributed by atoms with Crippen LogP contribution in [-0.4, -0.2) is 18.4 Å². The van der Waals surface area contributed by atoms with Gasteiger partial charge in [0.25, 0.3) is 0 Å². The Morgan fingerprint density at radius 1 is 1.59 bits per heavy atom. The number of imidazole rings is 1. The Morgan fingerprint density at radius 2 is 2.35 bits per heavy atom. The number of aryl methyl sites for hydroxylation is 1. The first-order chi connectivity index (χ1) is 7.99. The molecular formula is C9H10ClN3O2S2. The number of H-pyrrole nitrogens is 1. The van der Waals surface area contributed by atoms with Gasteiger partial charge in [-0.3, -0.25) is 0 Å². The molecule has 2 N–H and O–H groups in total. The zero-order valence-corrected chi connectivity index (χ0v) is 11.3. The van der Waals surface area contributed by atoms with Gasteiger partial charge < -0.3 is 4.98 Å². The molecule has 92 valence electrons. The second kappa shape index (κ2) is 4.77. The van der Waals surface area contributed by atoms with Gasteiger partial charge in [0.2, 0.25) is 10.0 Å². The number of halogens is 1. The predicted molar refractivity (Wildman–Crippen MR) is 66.7 cm³/mol. The highest BCUT2D eigenvalue weighted by molar-refractivity contribution is 7.91. The molecule has 0 amide bonds. The van der Waals surface area contributed by atoms with Crippen LogP contribution in [0, 0.1) is 6.92 Å². The first-order valence-corrected chi connectivity index (χ1v) is 7.39. The van der Waals surface area contributed by atoms with Crippen molar-refractivity contribution in [1.82, 2.24) is 14.7 Å². The van der Waals surface area contributed by atoms with Crippen molar-refractivity contribution in [2.45, 2.75) is 17.7 Å². The molecule has 2 aromatic heterocycles. The predicted octanol–water partition coefficient (Wildman–Crippen LogP) is 1.91. The Morgan fingerprint density at radius 3 is 2.88 bits per heavy atom. The van der Waals surface area contributed by atoms with Crippen LogP contribution in [0.15, 0.2) is 22.8 Å². The minimum Gasteiger partial charge on any atom is -0.347 e. The van der Waals surface area contributed by atoms with Crippen molar-refractivity contribution in [2.24, 2.45) is 0 Å². The summed E-state index contributed by atoms with van der Waals surface area (Å²) in [4.78, 5) is 6.62. The van der Waals surface area contributed by atoms with Crippen molar-refractivity contribution >= 4 is 33.0 Å². The molecular weight excluding hydrogens is 282 g/mol. The molecule has 0 bridgehead atoms. The number of rotatable bonds is 4. The number of aromatic nitrogens is 2. The maximum atomic E-state index is 11.9. The van der Waals surface area contributed by atoms with Gasteiger partial charge in [-0.25, -0.2) is 18.1 Å². The topological polar surface area (TPSA) is 74.8 Å². The van der Waals surface area contributed by atoms with E-state index in [-0.39, 0.29) is 10.8 Å². The van der Waals surface area contributed by atoms with Crippen LogP contribution in [0.5, 0.6) is 0 Å². The third-order valence-electron chi connectivity index (χ3n) is 2.11. The Kier molecular flexibility index (Phi) is 3.53. The molecule has 0 atom stereocenters. The fourth-order valence-electron chi connectivity index (χ4n) is 1.19. The lowest BCUT2D eigenvalue weighted by atomic mass is 10.4. The number of hydrogen-bond donors (Lipinski definition) is 2. The summed E-state index contributed by atoms with van der Waals surface area (Å²) in [6.45, 7) is 1.95. The van der Waals surface area contributed by atoms with Crippen LogP contribution in [-0.2, 0) is 16.6 Å². The number of nitrogens with zero attached hydrogens (tertiary/aromatic N) is 1. The van der Waals surface area contributed by atoms with Gasteiger partial charge in [-0.15, -0.1) is 11.3 Å². The molecule has 17 heavy (non-hydrogen) atoms. The van der Waals surface area contributed by atoms with Crippen molar-refractivity contribution < 1.29 is 8.42 Å². The van der Waals surface area contributed by atoms with E-state index in [1.165, 1.54) is 6.33 Å². The maximum absolute atomic E-state index is 11.9. The van der Waals surface area contributed by atoms with Gasteiger partial charge in [0.1, 0.15) is 4.21 Å². The van der Waals surface area contributed by atoms with Crippen molar-refractivity contribution in [1.29, 1.82) is 0 Å². The molecule has 0 unspecified atom stereocenters. The molecule has 0 saturated carbocycles. The molecule has 2 rings (SSSR count). The second-order valence-electron chi connectivity index (χ2n) is 3.42. The summed E-state index contributed by atoms with van der Waals surface area (Å²) >= 11 is 6.89. The van der Waals surface area contributed by atoms with Crippen LogP contribution in [0.2, 0.25) is 4.34 Å². The molecule has 0 aliphatic carbocycles. The highest BCUT2D eigenvalue weighted by Crippen LogP contribution is 2.29. The quantitative estimate of drug-likeness (QED) is 0.903. The Balaban J connectivity index is 2.14. The van der Waals surface area contributed by atoms with E-state index in [1.807, 2.05) is 0 Å². The molecule has 0 radical (unpaired) electrons. The first kappa shape index (κ1) is 12.6.